The molecule has 9 heteroatoms. The number of ether oxygens (including phenoxy) is 3. The SMILES string of the molecule is COc1cc(OC)cc(C(=O)Nc2cc(Cl)ccc2OCC(F)(F)F)c1. The molecule has 0 fully saturated rings. The maximum absolute atomic E-state index is 12.5. The molecule has 140 valence electrons. The van der Waals surface area contributed by atoms with E-state index in [1.54, 1.807) is 6.07 Å². The lowest BCUT2D eigenvalue weighted by Gasteiger charge is -2.15. The van der Waals surface area contributed by atoms with Gasteiger partial charge in [-0.2, -0.15) is 13.2 Å². The van der Waals surface area contributed by atoms with Crippen LogP contribution in [-0.2, 0) is 0 Å². The van der Waals surface area contributed by atoms with Gasteiger partial charge in [0.05, 0.1) is 19.9 Å². The minimum atomic E-state index is -4.51. The van der Waals surface area contributed by atoms with Crippen molar-refractivity contribution in [2.75, 3.05) is 26.1 Å². The molecular weight excluding hydrogens is 375 g/mol. The van der Waals surface area contributed by atoms with Crippen molar-refractivity contribution < 1.29 is 32.2 Å². The predicted octanol–water partition coefficient (Wildman–Crippen LogP) is 4.55. The Morgan fingerprint density at radius 2 is 1.69 bits per heavy atom. The number of hydrogen-bond acceptors (Lipinski definition) is 4. The highest BCUT2D eigenvalue weighted by Gasteiger charge is 2.29. The number of hydrogen-bond donors (Lipinski definition) is 1. The van der Waals surface area contributed by atoms with E-state index in [2.05, 4.69) is 5.32 Å². The lowest BCUT2D eigenvalue weighted by atomic mass is 10.1. The van der Waals surface area contributed by atoms with E-state index in [1.165, 1.54) is 44.6 Å². The molecule has 0 spiro atoms. The summed E-state index contributed by atoms with van der Waals surface area (Å²) in [6.45, 7) is -1.50. The van der Waals surface area contributed by atoms with Gasteiger partial charge in [-0.15, -0.1) is 0 Å². The summed E-state index contributed by atoms with van der Waals surface area (Å²) in [5.74, 6) is 0.0135. The topological polar surface area (TPSA) is 56.8 Å². The zero-order chi connectivity index (χ0) is 19.3. The van der Waals surface area contributed by atoms with Gasteiger partial charge in [-0.25, -0.2) is 0 Å². The molecule has 0 aliphatic heterocycles. The van der Waals surface area contributed by atoms with Crippen molar-refractivity contribution >= 4 is 23.2 Å². The van der Waals surface area contributed by atoms with Gasteiger partial charge in [0.25, 0.3) is 5.91 Å². The molecule has 5 nitrogen and oxygen atoms in total. The highest BCUT2D eigenvalue weighted by molar-refractivity contribution is 6.31. The van der Waals surface area contributed by atoms with E-state index < -0.39 is 18.7 Å². The van der Waals surface area contributed by atoms with Crippen LogP contribution < -0.4 is 19.5 Å². The van der Waals surface area contributed by atoms with Crippen molar-refractivity contribution in [1.29, 1.82) is 0 Å². The molecule has 0 saturated heterocycles. The van der Waals surface area contributed by atoms with E-state index in [4.69, 9.17) is 25.8 Å². The average molecular weight is 390 g/mol. The summed E-state index contributed by atoms with van der Waals surface area (Å²) in [6.07, 6.45) is -4.51. The van der Waals surface area contributed by atoms with E-state index in [-0.39, 0.29) is 22.0 Å². The molecule has 2 rings (SSSR count). The van der Waals surface area contributed by atoms with Gasteiger partial charge in [0, 0.05) is 16.7 Å². The van der Waals surface area contributed by atoms with Gasteiger partial charge < -0.3 is 19.5 Å². The molecule has 0 atom stereocenters. The quantitative estimate of drug-likeness (QED) is 0.787. The smallest absolute Gasteiger partial charge is 0.422 e. The Labute approximate surface area is 152 Å². The molecule has 1 amide bonds. The van der Waals surface area contributed by atoms with Crippen LogP contribution in [0, 0.1) is 0 Å². The summed E-state index contributed by atoms with van der Waals surface area (Å²) in [4.78, 5) is 12.5. The Balaban J connectivity index is 2.27. The fraction of sp³-hybridized carbons (Fsp3) is 0.235. The third kappa shape index (κ3) is 5.45. The van der Waals surface area contributed by atoms with Crippen LogP contribution >= 0.6 is 11.6 Å². The van der Waals surface area contributed by atoms with E-state index >= 15 is 0 Å². The van der Waals surface area contributed by atoms with Crippen LogP contribution in [0.25, 0.3) is 0 Å². The Morgan fingerprint density at radius 3 is 2.23 bits per heavy atom. The fourth-order valence-corrected chi connectivity index (χ4v) is 2.19. The predicted molar refractivity (Wildman–Crippen MR) is 90.5 cm³/mol. The molecule has 0 radical (unpaired) electrons. The van der Waals surface area contributed by atoms with Crippen molar-refractivity contribution in [1.82, 2.24) is 0 Å². The third-order valence-corrected chi connectivity index (χ3v) is 3.43. The van der Waals surface area contributed by atoms with Crippen molar-refractivity contribution in [3.8, 4) is 17.2 Å². The van der Waals surface area contributed by atoms with Crippen LogP contribution in [0.15, 0.2) is 36.4 Å². The molecule has 0 heterocycles. The monoisotopic (exact) mass is 389 g/mol. The number of carbonyl (C=O) groups excluding carboxylic acids is 1. The van der Waals surface area contributed by atoms with E-state index in [0.717, 1.165) is 0 Å². The standard InChI is InChI=1S/C17H15ClF3NO4/c1-24-12-5-10(6-13(8-12)25-2)16(23)22-14-7-11(18)3-4-15(14)26-9-17(19,20)21/h3-8H,9H2,1-2H3,(H,22,23). The Kier molecular flexibility index (Phi) is 6.20. The summed E-state index contributed by atoms with van der Waals surface area (Å²) in [7, 11) is 2.85. The Bertz CT molecular complexity index is 774. The maximum Gasteiger partial charge on any atom is 0.422 e. The molecule has 0 aliphatic rings. The van der Waals surface area contributed by atoms with Gasteiger partial charge in [0.2, 0.25) is 0 Å². The molecule has 0 unspecified atom stereocenters. The van der Waals surface area contributed by atoms with Crippen LogP contribution in [-0.4, -0.2) is 32.9 Å². The van der Waals surface area contributed by atoms with Gasteiger partial charge in [-0.3, -0.25) is 4.79 Å². The number of amides is 1. The third-order valence-electron chi connectivity index (χ3n) is 3.19. The van der Waals surface area contributed by atoms with Crippen molar-refractivity contribution in [3.05, 3.63) is 47.0 Å². The highest BCUT2D eigenvalue weighted by Crippen LogP contribution is 2.31. The average Bonchev–Trinajstić information content (AvgIpc) is 2.59. The van der Waals surface area contributed by atoms with Crippen molar-refractivity contribution in [2.24, 2.45) is 0 Å². The lowest BCUT2D eigenvalue weighted by Crippen LogP contribution is -2.20. The number of benzene rings is 2. The summed E-state index contributed by atoms with van der Waals surface area (Å²) in [5.41, 5.74) is 0.191. The number of carbonyl (C=O) groups is 1. The zero-order valence-electron chi connectivity index (χ0n) is 13.8. The largest absolute Gasteiger partial charge is 0.497 e. The number of halogens is 4. The number of alkyl halides is 3. The lowest BCUT2D eigenvalue weighted by molar-refractivity contribution is -0.153. The number of rotatable bonds is 6. The van der Waals surface area contributed by atoms with Gasteiger partial charge in [0.1, 0.15) is 17.2 Å². The van der Waals surface area contributed by atoms with Gasteiger partial charge >= 0.3 is 6.18 Å². The first-order valence-corrected chi connectivity index (χ1v) is 7.63. The van der Waals surface area contributed by atoms with E-state index in [0.29, 0.717) is 11.5 Å². The number of anilines is 1. The van der Waals surface area contributed by atoms with Gasteiger partial charge in [-0.1, -0.05) is 11.6 Å². The summed E-state index contributed by atoms with van der Waals surface area (Å²) < 4.78 is 52.0. The maximum atomic E-state index is 12.5. The highest BCUT2D eigenvalue weighted by atomic mass is 35.5. The van der Waals surface area contributed by atoms with Crippen LogP contribution in [0.3, 0.4) is 0 Å². The summed E-state index contributed by atoms with van der Waals surface area (Å²) >= 11 is 5.86. The molecule has 0 bridgehead atoms. The molecule has 2 aromatic rings. The van der Waals surface area contributed by atoms with Crippen molar-refractivity contribution in [2.45, 2.75) is 6.18 Å². The first kappa shape index (κ1) is 19.7. The first-order valence-electron chi connectivity index (χ1n) is 7.25. The zero-order valence-corrected chi connectivity index (χ0v) is 14.6. The molecule has 0 aromatic heterocycles. The second kappa shape index (κ2) is 8.18. The molecular formula is C17H15ClF3NO4. The van der Waals surface area contributed by atoms with Crippen LogP contribution in [0.5, 0.6) is 17.2 Å². The second-order valence-electron chi connectivity index (χ2n) is 5.10. The Hall–Kier alpha value is -2.61. The fourth-order valence-electron chi connectivity index (χ4n) is 2.02. The van der Waals surface area contributed by atoms with E-state index in [1.807, 2.05) is 0 Å². The van der Waals surface area contributed by atoms with Crippen LogP contribution in [0.4, 0.5) is 18.9 Å². The minimum absolute atomic E-state index is 0.00790. The normalized spacial score (nSPS) is 11.0. The molecule has 1 N–H and O–H groups in total. The first-order chi connectivity index (χ1) is 12.2. The van der Waals surface area contributed by atoms with Gasteiger partial charge in [0.15, 0.2) is 6.61 Å². The molecule has 2 aromatic carbocycles. The van der Waals surface area contributed by atoms with Crippen molar-refractivity contribution in [3.63, 3.8) is 0 Å². The molecule has 0 aliphatic carbocycles. The number of nitrogens with one attached hydrogen (secondary N) is 1. The van der Waals surface area contributed by atoms with Gasteiger partial charge in [-0.05, 0) is 30.3 Å². The number of methoxy groups -OCH3 is 2. The van der Waals surface area contributed by atoms with E-state index in [9.17, 15) is 18.0 Å². The molecule has 0 saturated carbocycles. The Morgan fingerprint density at radius 1 is 1.08 bits per heavy atom. The summed E-state index contributed by atoms with van der Waals surface area (Å²) in [6, 6.07) is 8.39. The molecule has 26 heavy (non-hydrogen) atoms. The van der Waals surface area contributed by atoms with Crippen LogP contribution in [0.2, 0.25) is 5.02 Å². The second-order valence-corrected chi connectivity index (χ2v) is 5.54. The van der Waals surface area contributed by atoms with Crippen LogP contribution in [0.1, 0.15) is 10.4 Å². The summed E-state index contributed by atoms with van der Waals surface area (Å²) in [5, 5.41) is 2.70. The minimum Gasteiger partial charge on any atom is -0.497 e.